The monoisotopic (exact) mass is 450 g/mol. The summed E-state index contributed by atoms with van der Waals surface area (Å²) in [6.45, 7) is 3.99. The van der Waals surface area contributed by atoms with Crippen LogP contribution < -0.4 is 15.2 Å². The van der Waals surface area contributed by atoms with E-state index in [0.29, 0.717) is 49.3 Å². The summed E-state index contributed by atoms with van der Waals surface area (Å²) in [5.74, 6) is -0.713. The number of halogens is 3. The Morgan fingerprint density at radius 1 is 1.21 bits per heavy atom. The number of carbonyl (C=O) groups excluding carboxylic acids is 1. The second-order valence-corrected chi connectivity index (χ2v) is 8.75. The van der Waals surface area contributed by atoms with Crippen molar-refractivity contribution in [2.24, 2.45) is 0 Å². The van der Waals surface area contributed by atoms with Gasteiger partial charge >= 0.3 is 6.18 Å². The molecule has 29 heavy (non-hydrogen) atoms. The molecule has 0 bridgehead atoms. The lowest BCUT2D eigenvalue weighted by molar-refractivity contribution is -0.137. The molecule has 2 heterocycles. The van der Waals surface area contributed by atoms with Gasteiger partial charge in [0.05, 0.1) is 29.4 Å². The molecule has 1 saturated heterocycles. The van der Waals surface area contributed by atoms with Crippen molar-refractivity contribution in [1.29, 1.82) is 0 Å². The molecule has 0 saturated carbocycles. The molecule has 0 unspecified atom stereocenters. The van der Waals surface area contributed by atoms with E-state index in [1.54, 1.807) is 6.92 Å². The zero-order valence-electron chi connectivity index (χ0n) is 15.1. The Labute approximate surface area is 168 Å². The molecule has 1 fully saturated rings. The molecule has 158 valence electrons. The molecular weight excluding hydrogens is 433 g/mol. The highest BCUT2D eigenvalue weighted by molar-refractivity contribution is 7.89. The summed E-state index contributed by atoms with van der Waals surface area (Å²) < 4.78 is 67.5. The Bertz CT molecular complexity index is 985. The molecule has 2 aromatic rings. The largest absolute Gasteiger partial charge is 0.416 e. The van der Waals surface area contributed by atoms with Crippen LogP contribution in [0.4, 0.5) is 18.3 Å². The zero-order chi connectivity index (χ0) is 21.2. The predicted octanol–water partition coefficient (Wildman–Crippen LogP) is 1.93. The van der Waals surface area contributed by atoms with E-state index < -0.39 is 32.6 Å². The molecule has 1 aromatic heterocycles. The summed E-state index contributed by atoms with van der Waals surface area (Å²) in [4.78, 5) is 20.4. The van der Waals surface area contributed by atoms with Crippen molar-refractivity contribution in [2.45, 2.75) is 18.0 Å². The number of hydrazine groups is 1. The zero-order valence-corrected chi connectivity index (χ0v) is 16.7. The number of sulfonamides is 1. The molecule has 8 nitrogen and oxygen atoms in total. The van der Waals surface area contributed by atoms with Gasteiger partial charge in [0, 0.05) is 13.1 Å². The molecule has 0 atom stereocenters. The van der Waals surface area contributed by atoms with Crippen molar-refractivity contribution in [1.82, 2.24) is 15.2 Å². The lowest BCUT2D eigenvalue weighted by Gasteiger charge is -2.25. The first-order valence-electron chi connectivity index (χ1n) is 8.37. The number of anilines is 1. The molecule has 13 heteroatoms. The lowest BCUT2D eigenvalue weighted by atomic mass is 10.2. The molecule has 2 N–H and O–H groups in total. The van der Waals surface area contributed by atoms with Gasteiger partial charge in [-0.2, -0.15) is 13.2 Å². The van der Waals surface area contributed by atoms with E-state index in [-0.39, 0.29) is 4.88 Å². The molecule has 1 amide bonds. The molecule has 0 radical (unpaired) electrons. The third kappa shape index (κ3) is 5.04. The van der Waals surface area contributed by atoms with E-state index in [1.165, 1.54) is 0 Å². The van der Waals surface area contributed by atoms with Gasteiger partial charge in [0.15, 0.2) is 5.13 Å². The molecule has 1 aromatic carbocycles. The van der Waals surface area contributed by atoms with Gasteiger partial charge in [0.2, 0.25) is 0 Å². The molecule has 0 spiro atoms. The van der Waals surface area contributed by atoms with Gasteiger partial charge in [-0.3, -0.25) is 10.2 Å². The summed E-state index contributed by atoms with van der Waals surface area (Å²) in [6.07, 6.45) is -4.58. The summed E-state index contributed by atoms with van der Waals surface area (Å²) in [7, 11) is -4.24. The highest BCUT2D eigenvalue weighted by Gasteiger charge is 2.30. The highest BCUT2D eigenvalue weighted by atomic mass is 32.2. The first kappa shape index (κ1) is 21.5. The van der Waals surface area contributed by atoms with Gasteiger partial charge in [-0.1, -0.05) is 11.3 Å². The molecule has 1 aliphatic heterocycles. The maximum atomic E-state index is 12.6. The Morgan fingerprint density at radius 3 is 2.41 bits per heavy atom. The smallest absolute Gasteiger partial charge is 0.378 e. The van der Waals surface area contributed by atoms with E-state index >= 15 is 0 Å². The average molecular weight is 450 g/mol. The number of thiazole rings is 1. The number of benzene rings is 1. The molecule has 1 aliphatic rings. The van der Waals surface area contributed by atoms with Crippen LogP contribution in [0.5, 0.6) is 0 Å². The Hall–Kier alpha value is -2.22. The Morgan fingerprint density at radius 2 is 1.83 bits per heavy atom. The van der Waals surface area contributed by atoms with Crippen LogP contribution >= 0.6 is 11.3 Å². The van der Waals surface area contributed by atoms with Gasteiger partial charge in [-0.25, -0.2) is 13.4 Å². The van der Waals surface area contributed by atoms with Crippen molar-refractivity contribution in [3.8, 4) is 0 Å². The van der Waals surface area contributed by atoms with Crippen LogP contribution in [0, 0.1) is 6.92 Å². The quantitative estimate of drug-likeness (QED) is 0.676. The maximum absolute atomic E-state index is 12.6. The number of nitrogens with zero attached hydrogens (tertiary/aromatic N) is 2. The third-order valence-corrected chi connectivity index (χ3v) is 6.54. The number of amides is 1. The summed E-state index contributed by atoms with van der Waals surface area (Å²) in [5, 5.41) is 0.626. The number of hydrogen-bond donors (Lipinski definition) is 2. The number of rotatable bonds is 5. The number of alkyl halides is 3. The Balaban J connectivity index is 1.67. The molecule has 3 rings (SSSR count). The van der Waals surface area contributed by atoms with Crippen molar-refractivity contribution < 1.29 is 31.1 Å². The second-order valence-electron chi connectivity index (χ2n) is 6.09. The van der Waals surface area contributed by atoms with E-state index in [4.69, 9.17) is 4.74 Å². The van der Waals surface area contributed by atoms with Crippen LogP contribution in [0.3, 0.4) is 0 Å². The van der Waals surface area contributed by atoms with Crippen LogP contribution in [-0.2, 0) is 20.9 Å². The van der Waals surface area contributed by atoms with Crippen LogP contribution in [0.1, 0.15) is 20.9 Å². The number of ether oxygens (including phenoxy) is 1. The maximum Gasteiger partial charge on any atom is 0.416 e. The number of hydrogen-bond acceptors (Lipinski definition) is 7. The first-order chi connectivity index (χ1) is 13.6. The fourth-order valence-electron chi connectivity index (χ4n) is 2.54. The van der Waals surface area contributed by atoms with Crippen LogP contribution in [0.2, 0.25) is 0 Å². The number of aryl methyl sites for hydroxylation is 1. The van der Waals surface area contributed by atoms with Crippen molar-refractivity contribution in [3.05, 3.63) is 40.4 Å². The van der Waals surface area contributed by atoms with Crippen LogP contribution in [-0.4, -0.2) is 45.6 Å². The second kappa shape index (κ2) is 8.26. The number of carbonyl (C=O) groups is 1. The van der Waals surface area contributed by atoms with E-state index in [1.807, 2.05) is 9.73 Å². The van der Waals surface area contributed by atoms with Gasteiger partial charge in [-0.15, -0.1) is 4.83 Å². The normalized spacial score (nSPS) is 15.4. The number of aromatic nitrogens is 1. The highest BCUT2D eigenvalue weighted by Crippen LogP contribution is 2.30. The lowest BCUT2D eigenvalue weighted by Crippen LogP contribution is -2.41. The van der Waals surface area contributed by atoms with Crippen molar-refractivity contribution >= 4 is 32.4 Å². The van der Waals surface area contributed by atoms with Crippen LogP contribution in [0.15, 0.2) is 29.2 Å². The fourth-order valence-corrected chi connectivity index (χ4v) is 4.39. The minimum Gasteiger partial charge on any atom is -0.378 e. The van der Waals surface area contributed by atoms with Crippen LogP contribution in [0.25, 0.3) is 0 Å². The van der Waals surface area contributed by atoms with E-state index in [9.17, 15) is 26.4 Å². The summed E-state index contributed by atoms with van der Waals surface area (Å²) in [6, 6.07) is 2.92. The van der Waals surface area contributed by atoms with Gasteiger partial charge in [-0.05, 0) is 31.2 Å². The van der Waals surface area contributed by atoms with Gasteiger partial charge in [0.1, 0.15) is 4.88 Å². The van der Waals surface area contributed by atoms with Crippen molar-refractivity contribution in [3.63, 3.8) is 0 Å². The molecular formula is C16H17F3N4O4S2. The van der Waals surface area contributed by atoms with E-state index in [0.717, 1.165) is 23.5 Å². The fraction of sp³-hybridized carbons (Fsp3) is 0.375. The topological polar surface area (TPSA) is 101 Å². The predicted molar refractivity (Wildman–Crippen MR) is 99.1 cm³/mol. The average Bonchev–Trinajstić information content (AvgIpc) is 3.08. The number of morpholine rings is 1. The summed E-state index contributed by atoms with van der Waals surface area (Å²) >= 11 is 1.11. The SMILES string of the molecule is Cc1nc(N2CCOCC2)sc1C(=O)NNS(=O)(=O)c1ccc(C(F)(F)F)cc1. The minimum atomic E-state index is -4.58. The minimum absolute atomic E-state index is 0.224. The molecule has 0 aliphatic carbocycles. The summed E-state index contributed by atoms with van der Waals surface area (Å²) in [5.41, 5.74) is 1.53. The standard InChI is InChI=1S/C16H17F3N4O4S2/c1-10-13(28-15(20-10)23-6-8-27-9-7-23)14(24)21-22-29(25,26)12-4-2-11(3-5-12)16(17,18)19/h2-5,22H,6-9H2,1H3,(H,21,24). The third-order valence-electron chi connectivity index (χ3n) is 4.06. The number of nitrogens with one attached hydrogen (secondary N) is 2. The van der Waals surface area contributed by atoms with Gasteiger partial charge in [0.25, 0.3) is 15.9 Å². The van der Waals surface area contributed by atoms with Crippen molar-refractivity contribution in [2.75, 3.05) is 31.2 Å². The van der Waals surface area contributed by atoms with Gasteiger partial charge < -0.3 is 9.64 Å². The first-order valence-corrected chi connectivity index (χ1v) is 10.7. The Kier molecular flexibility index (Phi) is 6.12. The van der Waals surface area contributed by atoms with E-state index in [2.05, 4.69) is 10.4 Å².